The van der Waals surface area contributed by atoms with Crippen LogP contribution in [0.1, 0.15) is 29.9 Å². The Morgan fingerprint density at radius 1 is 1.16 bits per heavy atom. The van der Waals surface area contributed by atoms with Gasteiger partial charge in [-0.05, 0) is 24.6 Å². The molecule has 1 aromatic heterocycles. The molecule has 0 spiro atoms. The molecular weight excluding hydrogens is 258 g/mol. The van der Waals surface area contributed by atoms with Crippen molar-refractivity contribution in [3.63, 3.8) is 0 Å². The van der Waals surface area contributed by atoms with Crippen LogP contribution in [-0.2, 0) is 4.79 Å². The number of rotatable bonds is 5. The Hall–Kier alpha value is -1.68. The van der Waals surface area contributed by atoms with Crippen LogP contribution in [0, 0.1) is 0 Å². The minimum Gasteiger partial charge on any atom is -0.343 e. The Balaban J connectivity index is 2.18. The molecule has 0 radical (unpaired) electrons. The Morgan fingerprint density at radius 2 is 1.84 bits per heavy atom. The van der Waals surface area contributed by atoms with Gasteiger partial charge in [0, 0.05) is 18.5 Å². The summed E-state index contributed by atoms with van der Waals surface area (Å²) in [7, 11) is 0. The van der Waals surface area contributed by atoms with Gasteiger partial charge in [0.2, 0.25) is 5.91 Å². The fourth-order valence-electron chi connectivity index (χ4n) is 2.11. The van der Waals surface area contributed by atoms with Crippen molar-refractivity contribution in [3.05, 3.63) is 34.5 Å². The average molecular weight is 275 g/mol. The van der Waals surface area contributed by atoms with Gasteiger partial charge < -0.3 is 4.90 Å². The van der Waals surface area contributed by atoms with Gasteiger partial charge >= 0.3 is 0 Å². The number of carbonyl (C=O) groups excluding carboxylic acids is 2. The van der Waals surface area contributed by atoms with Crippen molar-refractivity contribution in [2.45, 2.75) is 20.3 Å². The first-order chi connectivity index (χ1) is 9.17. The summed E-state index contributed by atoms with van der Waals surface area (Å²) in [5.74, 6) is -0.171. The number of benzene rings is 1. The highest BCUT2D eigenvalue weighted by atomic mass is 32.1. The number of Topliss-reactive ketones (excluding diaryl/α,β-unsaturated/α-hetero) is 1. The molecule has 0 N–H and O–H groups in total. The van der Waals surface area contributed by atoms with Crippen LogP contribution in [0.5, 0.6) is 0 Å². The number of fused-ring (bicyclic) bond motifs is 1. The predicted molar refractivity (Wildman–Crippen MR) is 78.7 cm³/mol. The molecule has 0 fully saturated rings. The molecule has 0 atom stereocenters. The van der Waals surface area contributed by atoms with Crippen LogP contribution in [-0.4, -0.2) is 29.7 Å². The summed E-state index contributed by atoms with van der Waals surface area (Å²) in [6, 6.07) is 7.78. The van der Waals surface area contributed by atoms with E-state index in [1.165, 1.54) is 11.3 Å². The Kier molecular flexibility index (Phi) is 4.32. The lowest BCUT2D eigenvalue weighted by Gasteiger charge is -2.17. The molecule has 2 aromatic rings. The number of hydrogen-bond donors (Lipinski definition) is 0. The van der Waals surface area contributed by atoms with E-state index in [9.17, 15) is 9.59 Å². The lowest BCUT2D eigenvalue weighted by molar-refractivity contribution is -0.129. The van der Waals surface area contributed by atoms with Crippen molar-refractivity contribution in [2.24, 2.45) is 0 Å². The Labute approximate surface area is 116 Å². The summed E-state index contributed by atoms with van der Waals surface area (Å²) in [6.45, 7) is 5.14. The van der Waals surface area contributed by atoms with Gasteiger partial charge in [-0.1, -0.05) is 24.3 Å². The largest absolute Gasteiger partial charge is 0.343 e. The van der Waals surface area contributed by atoms with Crippen LogP contribution in [0.2, 0.25) is 0 Å². The maximum absolute atomic E-state index is 12.2. The van der Waals surface area contributed by atoms with E-state index in [1.54, 1.807) is 4.90 Å². The van der Waals surface area contributed by atoms with Crippen molar-refractivity contribution < 1.29 is 9.59 Å². The second-order valence-electron chi connectivity index (χ2n) is 4.32. The molecule has 0 saturated heterocycles. The highest BCUT2D eigenvalue weighted by Crippen LogP contribution is 2.26. The van der Waals surface area contributed by atoms with Crippen LogP contribution < -0.4 is 0 Å². The van der Waals surface area contributed by atoms with Gasteiger partial charge in [-0.2, -0.15) is 0 Å². The molecule has 1 heterocycles. The normalized spacial score (nSPS) is 10.6. The van der Waals surface area contributed by atoms with Crippen molar-refractivity contribution in [1.82, 2.24) is 4.90 Å². The van der Waals surface area contributed by atoms with Gasteiger partial charge in [-0.3, -0.25) is 9.59 Å². The smallest absolute Gasteiger partial charge is 0.230 e. The highest BCUT2D eigenvalue weighted by Gasteiger charge is 2.18. The molecule has 0 aliphatic rings. The highest BCUT2D eigenvalue weighted by molar-refractivity contribution is 7.13. The van der Waals surface area contributed by atoms with Gasteiger partial charge in [0.1, 0.15) is 0 Å². The summed E-state index contributed by atoms with van der Waals surface area (Å²) in [4.78, 5) is 26.6. The van der Waals surface area contributed by atoms with Gasteiger partial charge in [-0.15, -0.1) is 11.3 Å². The van der Waals surface area contributed by atoms with Crippen molar-refractivity contribution in [1.29, 1.82) is 0 Å². The number of ketones is 1. The fourth-order valence-corrected chi connectivity index (χ4v) is 3.08. The molecule has 1 aromatic carbocycles. The third-order valence-corrected chi connectivity index (χ3v) is 4.25. The molecule has 3 nitrogen and oxygen atoms in total. The van der Waals surface area contributed by atoms with E-state index >= 15 is 0 Å². The number of hydrogen-bond acceptors (Lipinski definition) is 3. The van der Waals surface area contributed by atoms with Gasteiger partial charge in [0.25, 0.3) is 0 Å². The molecule has 19 heavy (non-hydrogen) atoms. The lowest BCUT2D eigenvalue weighted by atomic mass is 10.1. The van der Waals surface area contributed by atoms with Crippen LogP contribution in [0.25, 0.3) is 10.8 Å². The van der Waals surface area contributed by atoms with Crippen molar-refractivity contribution in [3.8, 4) is 0 Å². The first kappa shape index (κ1) is 13.7. The van der Waals surface area contributed by atoms with E-state index in [4.69, 9.17) is 0 Å². The van der Waals surface area contributed by atoms with E-state index in [2.05, 4.69) is 0 Å². The summed E-state index contributed by atoms with van der Waals surface area (Å²) < 4.78 is 0. The molecule has 1 amide bonds. The van der Waals surface area contributed by atoms with Gasteiger partial charge in [0.15, 0.2) is 5.78 Å². The maximum Gasteiger partial charge on any atom is 0.230 e. The van der Waals surface area contributed by atoms with Crippen LogP contribution in [0.4, 0.5) is 0 Å². The summed E-state index contributed by atoms with van der Waals surface area (Å²) in [6.07, 6.45) is -0.0355. The second-order valence-corrected chi connectivity index (χ2v) is 5.20. The number of thiophene rings is 1. The third kappa shape index (κ3) is 2.84. The minimum absolute atomic E-state index is 0.0355. The zero-order valence-electron chi connectivity index (χ0n) is 11.2. The first-order valence-electron chi connectivity index (χ1n) is 6.44. The van der Waals surface area contributed by atoms with Crippen molar-refractivity contribution >= 4 is 33.8 Å². The van der Waals surface area contributed by atoms with Crippen LogP contribution >= 0.6 is 11.3 Å². The quantitative estimate of drug-likeness (QED) is 0.620. The molecule has 4 heteroatoms. The lowest BCUT2D eigenvalue weighted by Crippen LogP contribution is -2.31. The monoisotopic (exact) mass is 275 g/mol. The van der Waals surface area contributed by atoms with Gasteiger partial charge in [0.05, 0.1) is 11.3 Å². The molecular formula is C15H17NO2S. The molecule has 0 saturated carbocycles. The van der Waals surface area contributed by atoms with Gasteiger partial charge in [-0.25, -0.2) is 0 Å². The summed E-state index contributed by atoms with van der Waals surface area (Å²) in [5.41, 5.74) is 0. The molecule has 100 valence electrons. The SMILES string of the molecule is CCN(CC)C(=O)CC(=O)c1scc2ccccc12. The number of nitrogens with zero attached hydrogens (tertiary/aromatic N) is 1. The zero-order valence-corrected chi connectivity index (χ0v) is 12.0. The number of amides is 1. The van der Waals surface area contributed by atoms with E-state index in [0.717, 1.165) is 10.8 Å². The van der Waals surface area contributed by atoms with E-state index in [-0.39, 0.29) is 18.1 Å². The van der Waals surface area contributed by atoms with Crippen LogP contribution in [0.15, 0.2) is 29.6 Å². The van der Waals surface area contributed by atoms with Crippen molar-refractivity contribution in [2.75, 3.05) is 13.1 Å². The van der Waals surface area contributed by atoms with E-state index in [0.29, 0.717) is 18.0 Å². The predicted octanol–water partition coefficient (Wildman–Crippen LogP) is 3.34. The second kappa shape index (κ2) is 5.97. The molecule has 0 aliphatic carbocycles. The molecule has 2 rings (SSSR count). The maximum atomic E-state index is 12.2. The van der Waals surface area contributed by atoms with E-state index in [1.807, 2.05) is 43.5 Å². The standard InChI is InChI=1S/C15H17NO2S/c1-3-16(4-2)14(18)9-13(17)15-12-8-6-5-7-11(12)10-19-15/h5-8,10H,3-4,9H2,1-2H3. The minimum atomic E-state index is -0.0903. The third-order valence-electron chi connectivity index (χ3n) is 3.19. The molecule has 0 aliphatic heterocycles. The first-order valence-corrected chi connectivity index (χ1v) is 7.32. The fraction of sp³-hybridized carbons (Fsp3) is 0.333. The number of carbonyl (C=O) groups is 2. The Bertz CT molecular complexity index is 599. The van der Waals surface area contributed by atoms with Crippen LogP contribution in [0.3, 0.4) is 0 Å². The summed E-state index contributed by atoms with van der Waals surface area (Å²) >= 11 is 1.42. The topological polar surface area (TPSA) is 37.4 Å². The Morgan fingerprint density at radius 3 is 2.53 bits per heavy atom. The van der Waals surface area contributed by atoms with E-state index < -0.39 is 0 Å². The summed E-state index contributed by atoms with van der Waals surface area (Å²) in [5, 5.41) is 3.97. The zero-order chi connectivity index (χ0) is 13.8. The average Bonchev–Trinajstić information content (AvgIpc) is 2.84. The molecule has 0 bridgehead atoms. The molecule has 0 unspecified atom stereocenters.